The molecular formula is C12H16FNO. The van der Waals surface area contributed by atoms with Crippen molar-refractivity contribution in [2.75, 3.05) is 0 Å². The molecule has 0 saturated heterocycles. The first-order chi connectivity index (χ1) is 7.25. The molecule has 0 bridgehead atoms. The van der Waals surface area contributed by atoms with Crippen LogP contribution in [0.5, 0.6) is 0 Å². The molecule has 3 heteroatoms. The summed E-state index contributed by atoms with van der Waals surface area (Å²) in [6.07, 6.45) is 6.35. The Morgan fingerprint density at radius 3 is 2.73 bits per heavy atom. The van der Waals surface area contributed by atoms with Crippen molar-refractivity contribution in [2.45, 2.75) is 38.2 Å². The van der Waals surface area contributed by atoms with E-state index < -0.39 is 6.10 Å². The van der Waals surface area contributed by atoms with Crippen molar-refractivity contribution in [3.05, 3.63) is 29.8 Å². The fraction of sp³-hybridized carbons (Fsp3) is 0.583. The molecule has 1 aliphatic carbocycles. The normalized spacial score (nSPS) is 19.3. The number of nitrogens with zero attached hydrogens (tertiary/aromatic N) is 1. The van der Waals surface area contributed by atoms with E-state index in [9.17, 15) is 9.50 Å². The lowest BCUT2D eigenvalue weighted by Crippen LogP contribution is -2.06. The standard InChI is InChI=1S/C12H16FNO/c13-10-5-6-11(14-8-10)12(15)7-9-3-1-2-4-9/h5-6,8-9,12,15H,1-4,7H2. The van der Waals surface area contributed by atoms with Gasteiger partial charge in [-0.3, -0.25) is 4.98 Å². The predicted octanol–water partition coefficient (Wildman–Crippen LogP) is 2.83. The fourth-order valence-electron chi connectivity index (χ4n) is 2.27. The van der Waals surface area contributed by atoms with E-state index >= 15 is 0 Å². The third-order valence-corrected chi connectivity index (χ3v) is 3.12. The van der Waals surface area contributed by atoms with Crippen molar-refractivity contribution in [1.29, 1.82) is 0 Å². The van der Waals surface area contributed by atoms with Gasteiger partial charge in [0.2, 0.25) is 0 Å². The Bertz CT molecular complexity index is 306. The van der Waals surface area contributed by atoms with Crippen LogP contribution < -0.4 is 0 Å². The second-order valence-electron chi connectivity index (χ2n) is 4.30. The highest BCUT2D eigenvalue weighted by Gasteiger charge is 2.20. The predicted molar refractivity (Wildman–Crippen MR) is 55.7 cm³/mol. The monoisotopic (exact) mass is 209 g/mol. The van der Waals surface area contributed by atoms with Gasteiger partial charge in [0.1, 0.15) is 5.82 Å². The smallest absolute Gasteiger partial charge is 0.141 e. The fourth-order valence-corrected chi connectivity index (χ4v) is 2.27. The summed E-state index contributed by atoms with van der Waals surface area (Å²) in [7, 11) is 0. The number of halogens is 1. The molecule has 0 aliphatic heterocycles. The van der Waals surface area contributed by atoms with Gasteiger partial charge in [0.15, 0.2) is 0 Å². The Morgan fingerprint density at radius 2 is 2.13 bits per heavy atom. The average Bonchev–Trinajstić information content (AvgIpc) is 2.71. The molecule has 1 aromatic heterocycles. The first-order valence-electron chi connectivity index (χ1n) is 5.55. The minimum Gasteiger partial charge on any atom is -0.387 e. The number of aliphatic hydroxyl groups excluding tert-OH is 1. The number of hydrogen-bond donors (Lipinski definition) is 1. The third kappa shape index (κ3) is 2.75. The van der Waals surface area contributed by atoms with Gasteiger partial charge in [-0.2, -0.15) is 0 Å². The Morgan fingerprint density at radius 1 is 1.40 bits per heavy atom. The molecule has 0 radical (unpaired) electrons. The molecule has 1 saturated carbocycles. The number of aliphatic hydroxyl groups is 1. The van der Waals surface area contributed by atoms with Crippen LogP contribution >= 0.6 is 0 Å². The van der Waals surface area contributed by atoms with E-state index in [0.717, 1.165) is 12.6 Å². The molecule has 0 aromatic carbocycles. The second kappa shape index (κ2) is 4.71. The Labute approximate surface area is 89.2 Å². The van der Waals surface area contributed by atoms with E-state index in [0.29, 0.717) is 11.6 Å². The summed E-state index contributed by atoms with van der Waals surface area (Å²) in [6.45, 7) is 0. The van der Waals surface area contributed by atoms with E-state index in [1.165, 1.54) is 31.7 Å². The Hall–Kier alpha value is -0.960. The van der Waals surface area contributed by atoms with Gasteiger partial charge in [-0.05, 0) is 24.5 Å². The van der Waals surface area contributed by atoms with Gasteiger partial charge in [0, 0.05) is 0 Å². The van der Waals surface area contributed by atoms with Gasteiger partial charge < -0.3 is 5.11 Å². The number of hydrogen-bond acceptors (Lipinski definition) is 2. The Kier molecular flexibility index (Phi) is 3.31. The van der Waals surface area contributed by atoms with E-state index in [1.54, 1.807) is 6.07 Å². The van der Waals surface area contributed by atoms with Crippen LogP contribution in [-0.2, 0) is 0 Å². The van der Waals surface area contributed by atoms with Crippen molar-refractivity contribution in [2.24, 2.45) is 5.92 Å². The summed E-state index contributed by atoms with van der Waals surface area (Å²) in [6, 6.07) is 2.91. The lowest BCUT2D eigenvalue weighted by molar-refractivity contribution is 0.140. The maximum Gasteiger partial charge on any atom is 0.141 e. The summed E-state index contributed by atoms with van der Waals surface area (Å²) < 4.78 is 12.6. The van der Waals surface area contributed by atoms with Crippen LogP contribution in [0.25, 0.3) is 0 Å². The van der Waals surface area contributed by atoms with Crippen molar-refractivity contribution in [1.82, 2.24) is 4.98 Å². The van der Waals surface area contributed by atoms with Crippen molar-refractivity contribution in [3.63, 3.8) is 0 Å². The first kappa shape index (κ1) is 10.6. The molecule has 1 fully saturated rings. The zero-order valence-corrected chi connectivity index (χ0v) is 8.69. The van der Waals surface area contributed by atoms with E-state index in [1.807, 2.05) is 0 Å². The quantitative estimate of drug-likeness (QED) is 0.830. The highest BCUT2D eigenvalue weighted by Crippen LogP contribution is 2.32. The minimum atomic E-state index is -0.534. The molecule has 2 rings (SSSR count). The van der Waals surface area contributed by atoms with Gasteiger partial charge in [-0.15, -0.1) is 0 Å². The van der Waals surface area contributed by atoms with Crippen LogP contribution in [0.15, 0.2) is 18.3 Å². The SMILES string of the molecule is OC(CC1CCCC1)c1ccc(F)cn1. The summed E-state index contributed by atoms with van der Waals surface area (Å²) in [5.74, 6) is 0.263. The van der Waals surface area contributed by atoms with Crippen molar-refractivity contribution < 1.29 is 9.50 Å². The molecule has 2 nitrogen and oxygen atoms in total. The van der Waals surface area contributed by atoms with Gasteiger partial charge in [-0.25, -0.2) is 4.39 Å². The van der Waals surface area contributed by atoms with Gasteiger partial charge >= 0.3 is 0 Å². The van der Waals surface area contributed by atoms with Crippen LogP contribution in [0.2, 0.25) is 0 Å². The lowest BCUT2D eigenvalue weighted by atomic mass is 9.98. The largest absolute Gasteiger partial charge is 0.387 e. The second-order valence-corrected chi connectivity index (χ2v) is 4.30. The summed E-state index contributed by atoms with van der Waals surface area (Å²) in [5, 5.41) is 9.89. The van der Waals surface area contributed by atoms with E-state index in [4.69, 9.17) is 0 Å². The molecule has 1 heterocycles. The number of pyridine rings is 1. The zero-order chi connectivity index (χ0) is 10.7. The zero-order valence-electron chi connectivity index (χ0n) is 8.69. The van der Waals surface area contributed by atoms with E-state index in [-0.39, 0.29) is 5.82 Å². The average molecular weight is 209 g/mol. The van der Waals surface area contributed by atoms with Crippen LogP contribution in [0.1, 0.15) is 43.9 Å². The molecule has 82 valence electrons. The van der Waals surface area contributed by atoms with Gasteiger partial charge in [0.25, 0.3) is 0 Å². The molecule has 15 heavy (non-hydrogen) atoms. The van der Waals surface area contributed by atoms with E-state index in [2.05, 4.69) is 4.98 Å². The summed E-state index contributed by atoms with van der Waals surface area (Å²) in [5.41, 5.74) is 0.586. The first-order valence-corrected chi connectivity index (χ1v) is 5.55. The highest BCUT2D eigenvalue weighted by atomic mass is 19.1. The number of aromatic nitrogens is 1. The molecule has 1 aromatic rings. The van der Waals surface area contributed by atoms with Crippen LogP contribution in [-0.4, -0.2) is 10.1 Å². The van der Waals surface area contributed by atoms with Crippen LogP contribution in [0.4, 0.5) is 4.39 Å². The molecule has 0 spiro atoms. The summed E-state index contributed by atoms with van der Waals surface area (Å²) >= 11 is 0. The van der Waals surface area contributed by atoms with Gasteiger partial charge in [0.05, 0.1) is 18.0 Å². The Balaban J connectivity index is 1.94. The molecule has 1 aliphatic rings. The number of rotatable bonds is 3. The highest BCUT2D eigenvalue weighted by molar-refractivity contribution is 5.08. The topological polar surface area (TPSA) is 33.1 Å². The maximum atomic E-state index is 12.6. The molecule has 1 unspecified atom stereocenters. The maximum absolute atomic E-state index is 12.6. The van der Waals surface area contributed by atoms with Crippen LogP contribution in [0.3, 0.4) is 0 Å². The van der Waals surface area contributed by atoms with Gasteiger partial charge in [-0.1, -0.05) is 25.7 Å². The minimum absolute atomic E-state index is 0.355. The molecule has 1 N–H and O–H groups in total. The van der Waals surface area contributed by atoms with Crippen molar-refractivity contribution >= 4 is 0 Å². The molecular weight excluding hydrogens is 193 g/mol. The third-order valence-electron chi connectivity index (χ3n) is 3.12. The summed E-state index contributed by atoms with van der Waals surface area (Å²) in [4.78, 5) is 3.90. The van der Waals surface area contributed by atoms with Crippen LogP contribution in [0, 0.1) is 11.7 Å². The lowest BCUT2D eigenvalue weighted by Gasteiger charge is -2.14. The van der Waals surface area contributed by atoms with Crippen molar-refractivity contribution in [3.8, 4) is 0 Å². The molecule has 0 amide bonds. The molecule has 1 atom stereocenters.